The summed E-state index contributed by atoms with van der Waals surface area (Å²) in [6.45, 7) is 1.44. The van der Waals surface area contributed by atoms with Crippen LogP contribution in [-0.2, 0) is 4.79 Å². The highest BCUT2D eigenvalue weighted by atomic mass is 16.2. The Bertz CT molecular complexity index is 777. The number of rotatable bonds is 4. The SMILES string of the molecule is N#Cc1ccccc1/C=C/C(=O)N1CC[C@H](Nc2ccccc2)C1. The van der Waals surface area contributed by atoms with Gasteiger partial charge >= 0.3 is 0 Å². The van der Waals surface area contributed by atoms with Crippen LogP contribution >= 0.6 is 0 Å². The second-order valence-electron chi connectivity index (χ2n) is 5.81. The molecule has 0 aromatic heterocycles. The first-order valence-corrected chi connectivity index (χ1v) is 8.04. The predicted octanol–water partition coefficient (Wildman–Crippen LogP) is 3.28. The number of nitrogens with one attached hydrogen (secondary N) is 1. The smallest absolute Gasteiger partial charge is 0.246 e. The largest absolute Gasteiger partial charge is 0.380 e. The lowest BCUT2D eigenvalue weighted by molar-refractivity contribution is -0.124. The van der Waals surface area contributed by atoms with E-state index >= 15 is 0 Å². The molecule has 1 N–H and O–H groups in total. The number of anilines is 1. The Kier molecular flexibility index (Phi) is 4.93. The molecule has 24 heavy (non-hydrogen) atoms. The molecule has 3 rings (SSSR count). The fourth-order valence-corrected chi connectivity index (χ4v) is 2.86. The van der Waals surface area contributed by atoms with Crippen molar-refractivity contribution in [1.29, 1.82) is 5.26 Å². The highest BCUT2D eigenvalue weighted by molar-refractivity contribution is 5.92. The van der Waals surface area contributed by atoms with E-state index in [0.29, 0.717) is 12.1 Å². The highest BCUT2D eigenvalue weighted by Crippen LogP contribution is 2.16. The van der Waals surface area contributed by atoms with Crippen LogP contribution in [0.4, 0.5) is 5.69 Å². The summed E-state index contributed by atoms with van der Waals surface area (Å²) >= 11 is 0. The molecular weight excluding hydrogens is 298 g/mol. The van der Waals surface area contributed by atoms with Crippen LogP contribution < -0.4 is 5.32 Å². The Hall–Kier alpha value is -3.06. The summed E-state index contributed by atoms with van der Waals surface area (Å²) < 4.78 is 0. The van der Waals surface area contributed by atoms with E-state index in [9.17, 15) is 4.79 Å². The van der Waals surface area contributed by atoms with Crippen molar-refractivity contribution < 1.29 is 4.79 Å². The molecule has 4 nitrogen and oxygen atoms in total. The molecule has 0 unspecified atom stereocenters. The van der Waals surface area contributed by atoms with E-state index in [2.05, 4.69) is 11.4 Å². The van der Waals surface area contributed by atoms with Crippen molar-refractivity contribution in [2.45, 2.75) is 12.5 Å². The number of carbonyl (C=O) groups excluding carboxylic acids is 1. The molecule has 1 atom stereocenters. The monoisotopic (exact) mass is 317 g/mol. The summed E-state index contributed by atoms with van der Waals surface area (Å²) in [7, 11) is 0. The van der Waals surface area contributed by atoms with Crippen LogP contribution in [0.25, 0.3) is 6.08 Å². The van der Waals surface area contributed by atoms with Gasteiger partial charge in [-0.2, -0.15) is 5.26 Å². The lowest BCUT2D eigenvalue weighted by Gasteiger charge is -2.16. The molecule has 1 saturated heterocycles. The van der Waals surface area contributed by atoms with Crippen LogP contribution in [-0.4, -0.2) is 29.9 Å². The Morgan fingerprint density at radius 2 is 1.92 bits per heavy atom. The van der Waals surface area contributed by atoms with E-state index in [0.717, 1.165) is 24.2 Å². The maximum atomic E-state index is 12.3. The van der Waals surface area contributed by atoms with Gasteiger partial charge in [0, 0.05) is 30.9 Å². The van der Waals surface area contributed by atoms with Gasteiger partial charge < -0.3 is 10.2 Å². The normalized spacial score (nSPS) is 17.0. The number of likely N-dealkylation sites (tertiary alicyclic amines) is 1. The van der Waals surface area contributed by atoms with Gasteiger partial charge in [0.15, 0.2) is 0 Å². The van der Waals surface area contributed by atoms with E-state index in [1.165, 1.54) is 0 Å². The molecule has 2 aromatic carbocycles. The molecule has 2 aromatic rings. The topological polar surface area (TPSA) is 56.1 Å². The zero-order chi connectivity index (χ0) is 16.8. The zero-order valence-electron chi connectivity index (χ0n) is 13.4. The van der Waals surface area contributed by atoms with Crippen molar-refractivity contribution >= 4 is 17.7 Å². The second-order valence-corrected chi connectivity index (χ2v) is 5.81. The average Bonchev–Trinajstić information content (AvgIpc) is 3.09. The standard InChI is InChI=1S/C20H19N3O/c21-14-17-7-5-4-6-16(17)10-11-20(24)23-13-12-19(15-23)22-18-8-2-1-3-9-18/h1-11,19,22H,12-13,15H2/b11-10+/t19-/m0/s1. The van der Waals surface area contributed by atoms with E-state index in [1.807, 2.05) is 53.4 Å². The van der Waals surface area contributed by atoms with Crippen molar-refractivity contribution in [3.8, 4) is 6.07 Å². The first-order chi connectivity index (χ1) is 11.8. The molecule has 0 aliphatic carbocycles. The Morgan fingerprint density at radius 3 is 2.71 bits per heavy atom. The van der Waals surface area contributed by atoms with Gasteiger partial charge in [-0.25, -0.2) is 0 Å². The summed E-state index contributed by atoms with van der Waals surface area (Å²) in [5, 5.41) is 12.5. The number of hydrogen-bond acceptors (Lipinski definition) is 3. The van der Waals surface area contributed by atoms with Crippen LogP contribution in [0.3, 0.4) is 0 Å². The van der Waals surface area contributed by atoms with Gasteiger partial charge in [0.25, 0.3) is 0 Å². The van der Waals surface area contributed by atoms with Gasteiger partial charge in [0.05, 0.1) is 11.6 Å². The first kappa shape index (κ1) is 15.8. The molecule has 1 aliphatic rings. The Balaban J connectivity index is 1.59. The summed E-state index contributed by atoms with van der Waals surface area (Å²) in [5.41, 5.74) is 2.42. The number of benzene rings is 2. The highest BCUT2D eigenvalue weighted by Gasteiger charge is 2.24. The number of nitriles is 1. The third kappa shape index (κ3) is 3.82. The van der Waals surface area contributed by atoms with Gasteiger partial charge in [0.2, 0.25) is 5.91 Å². The van der Waals surface area contributed by atoms with E-state index in [1.54, 1.807) is 18.2 Å². The Morgan fingerprint density at radius 1 is 1.17 bits per heavy atom. The lowest BCUT2D eigenvalue weighted by Crippen LogP contribution is -2.30. The molecule has 0 bridgehead atoms. The van der Waals surface area contributed by atoms with Crippen molar-refractivity contribution in [3.05, 3.63) is 71.8 Å². The maximum Gasteiger partial charge on any atom is 0.246 e. The third-order valence-corrected chi connectivity index (χ3v) is 4.13. The van der Waals surface area contributed by atoms with Crippen LogP contribution in [0.5, 0.6) is 0 Å². The minimum Gasteiger partial charge on any atom is -0.380 e. The van der Waals surface area contributed by atoms with E-state index in [4.69, 9.17) is 5.26 Å². The number of nitrogens with zero attached hydrogens (tertiary/aromatic N) is 2. The second kappa shape index (κ2) is 7.47. The summed E-state index contributed by atoms with van der Waals surface area (Å²) in [6.07, 6.45) is 4.21. The molecule has 0 spiro atoms. The molecule has 1 amide bonds. The molecule has 4 heteroatoms. The van der Waals surface area contributed by atoms with Crippen LogP contribution in [0, 0.1) is 11.3 Å². The number of carbonyl (C=O) groups is 1. The first-order valence-electron chi connectivity index (χ1n) is 8.04. The van der Waals surface area contributed by atoms with Crippen molar-refractivity contribution in [3.63, 3.8) is 0 Å². The Labute approximate surface area is 142 Å². The molecule has 1 heterocycles. The average molecular weight is 317 g/mol. The molecule has 0 saturated carbocycles. The molecule has 120 valence electrons. The predicted molar refractivity (Wildman–Crippen MR) is 95.2 cm³/mol. The van der Waals surface area contributed by atoms with Crippen LogP contribution in [0.2, 0.25) is 0 Å². The summed E-state index contributed by atoms with van der Waals surface area (Å²) in [5.74, 6) is -0.0138. The zero-order valence-corrected chi connectivity index (χ0v) is 13.4. The van der Waals surface area contributed by atoms with Gasteiger partial charge in [-0.3, -0.25) is 4.79 Å². The van der Waals surface area contributed by atoms with Gasteiger partial charge in [-0.05, 0) is 36.3 Å². The number of amides is 1. The third-order valence-electron chi connectivity index (χ3n) is 4.13. The molecule has 1 fully saturated rings. The number of para-hydroxylation sites is 1. The van der Waals surface area contributed by atoms with Gasteiger partial charge in [-0.15, -0.1) is 0 Å². The quantitative estimate of drug-likeness (QED) is 0.880. The fraction of sp³-hybridized carbons (Fsp3) is 0.200. The van der Waals surface area contributed by atoms with Gasteiger partial charge in [0.1, 0.15) is 0 Å². The molecular formula is C20H19N3O. The fourth-order valence-electron chi connectivity index (χ4n) is 2.86. The summed E-state index contributed by atoms with van der Waals surface area (Å²) in [4.78, 5) is 14.2. The minimum atomic E-state index is -0.0138. The molecule has 1 aliphatic heterocycles. The van der Waals surface area contributed by atoms with E-state index < -0.39 is 0 Å². The van der Waals surface area contributed by atoms with Crippen molar-refractivity contribution in [2.75, 3.05) is 18.4 Å². The van der Waals surface area contributed by atoms with Crippen LogP contribution in [0.15, 0.2) is 60.7 Å². The van der Waals surface area contributed by atoms with E-state index in [-0.39, 0.29) is 11.9 Å². The van der Waals surface area contributed by atoms with Crippen molar-refractivity contribution in [1.82, 2.24) is 4.90 Å². The van der Waals surface area contributed by atoms with Crippen LogP contribution in [0.1, 0.15) is 17.5 Å². The molecule has 0 radical (unpaired) electrons. The van der Waals surface area contributed by atoms with Gasteiger partial charge in [-0.1, -0.05) is 36.4 Å². The maximum absolute atomic E-state index is 12.3. The lowest BCUT2D eigenvalue weighted by atomic mass is 10.1. The number of hydrogen-bond donors (Lipinski definition) is 1. The summed E-state index contributed by atoms with van der Waals surface area (Å²) in [6, 6.07) is 19.7. The van der Waals surface area contributed by atoms with Crippen molar-refractivity contribution in [2.24, 2.45) is 0 Å². The minimum absolute atomic E-state index is 0.0138.